The van der Waals surface area contributed by atoms with Crippen molar-refractivity contribution in [1.82, 2.24) is 5.32 Å². The van der Waals surface area contributed by atoms with Gasteiger partial charge in [-0.15, -0.1) is 0 Å². The first-order valence-electron chi connectivity index (χ1n) is 7.03. The van der Waals surface area contributed by atoms with Crippen LogP contribution in [0.4, 0.5) is 0 Å². The van der Waals surface area contributed by atoms with Crippen molar-refractivity contribution in [2.75, 3.05) is 19.8 Å². The molecule has 1 saturated carbocycles. The van der Waals surface area contributed by atoms with Crippen LogP contribution in [-0.4, -0.2) is 36.7 Å². The number of nitrogens with zero attached hydrogens (tertiary/aromatic N) is 1. The number of nitrogens with two attached hydrogens (primary N) is 1. The third-order valence-corrected chi connectivity index (χ3v) is 4.15. The van der Waals surface area contributed by atoms with E-state index in [1.54, 1.807) is 0 Å². The Hall–Kier alpha value is -1.30. The van der Waals surface area contributed by atoms with E-state index in [0.717, 1.165) is 12.3 Å². The molecule has 0 aromatic rings. The summed E-state index contributed by atoms with van der Waals surface area (Å²) in [6, 6.07) is 0. The number of carbonyl (C=O) groups excluding carboxylic acids is 1. The third-order valence-electron chi connectivity index (χ3n) is 4.15. The first-order chi connectivity index (χ1) is 9.19. The summed E-state index contributed by atoms with van der Waals surface area (Å²) in [5.74, 6) is 0.732. The van der Waals surface area contributed by atoms with E-state index in [-0.39, 0.29) is 11.7 Å². The maximum atomic E-state index is 12.3. The van der Waals surface area contributed by atoms with Gasteiger partial charge in [0.25, 0.3) is 0 Å². The van der Waals surface area contributed by atoms with Crippen LogP contribution >= 0.6 is 0 Å². The molecule has 19 heavy (non-hydrogen) atoms. The van der Waals surface area contributed by atoms with Crippen LogP contribution in [0.5, 0.6) is 0 Å². The van der Waals surface area contributed by atoms with Crippen LogP contribution < -0.4 is 11.1 Å². The maximum absolute atomic E-state index is 12.3. The lowest BCUT2D eigenvalue weighted by molar-refractivity contribution is -0.131. The van der Waals surface area contributed by atoms with Gasteiger partial charge in [-0.2, -0.15) is 0 Å². The minimum absolute atomic E-state index is 0.00417. The average molecular weight is 269 g/mol. The van der Waals surface area contributed by atoms with Crippen molar-refractivity contribution in [1.29, 1.82) is 0 Å². The van der Waals surface area contributed by atoms with Gasteiger partial charge in [0, 0.05) is 19.8 Å². The van der Waals surface area contributed by atoms with E-state index in [2.05, 4.69) is 10.5 Å². The highest BCUT2D eigenvalue weighted by Gasteiger charge is 2.44. The summed E-state index contributed by atoms with van der Waals surface area (Å²) < 4.78 is 5.26. The number of carbonyl (C=O) groups is 1. The molecule has 1 aliphatic heterocycles. The molecule has 1 aliphatic carbocycles. The summed E-state index contributed by atoms with van der Waals surface area (Å²) in [5, 5.41) is 14.9. The van der Waals surface area contributed by atoms with E-state index in [0.29, 0.717) is 32.6 Å². The first kappa shape index (κ1) is 14.1. The number of amidine groups is 1. The molecule has 0 radical (unpaired) electrons. The molecule has 0 aromatic carbocycles. The Morgan fingerprint density at radius 3 is 2.68 bits per heavy atom. The monoisotopic (exact) mass is 269 g/mol. The third kappa shape index (κ3) is 3.37. The van der Waals surface area contributed by atoms with Crippen molar-refractivity contribution in [2.45, 2.75) is 38.5 Å². The zero-order valence-corrected chi connectivity index (χ0v) is 11.2. The maximum Gasteiger partial charge on any atom is 0.234 e. The molecule has 1 heterocycles. The first-order valence-corrected chi connectivity index (χ1v) is 7.03. The lowest BCUT2D eigenvalue weighted by Gasteiger charge is -2.34. The molecule has 1 amide bonds. The van der Waals surface area contributed by atoms with Gasteiger partial charge >= 0.3 is 0 Å². The molecule has 0 atom stereocenters. The van der Waals surface area contributed by atoms with Crippen molar-refractivity contribution >= 4 is 11.7 Å². The van der Waals surface area contributed by atoms with Crippen molar-refractivity contribution in [3.05, 3.63) is 0 Å². The average Bonchev–Trinajstić information content (AvgIpc) is 3.27. The number of nitrogens with one attached hydrogen (secondary N) is 1. The molecule has 4 N–H and O–H groups in total. The lowest BCUT2D eigenvalue weighted by Crippen LogP contribution is -2.52. The molecule has 2 aliphatic rings. The number of hydrogen-bond donors (Lipinski definition) is 3. The normalized spacial score (nSPS) is 23.1. The largest absolute Gasteiger partial charge is 0.409 e. The second-order valence-electron chi connectivity index (χ2n) is 5.52. The predicted octanol–water partition coefficient (Wildman–Crippen LogP) is 0.836. The summed E-state index contributed by atoms with van der Waals surface area (Å²) in [6.07, 6.45) is 5.78. The van der Waals surface area contributed by atoms with Gasteiger partial charge in [-0.3, -0.25) is 4.79 Å². The van der Waals surface area contributed by atoms with Crippen LogP contribution in [0.25, 0.3) is 0 Å². The van der Waals surface area contributed by atoms with Gasteiger partial charge in [-0.25, -0.2) is 0 Å². The van der Waals surface area contributed by atoms with Crippen molar-refractivity contribution < 1.29 is 14.7 Å². The van der Waals surface area contributed by atoms with E-state index in [1.807, 2.05) is 0 Å². The Labute approximate surface area is 113 Å². The summed E-state index contributed by atoms with van der Waals surface area (Å²) >= 11 is 0. The molecule has 1 saturated heterocycles. The Bertz CT molecular complexity index is 347. The van der Waals surface area contributed by atoms with E-state index >= 15 is 0 Å². The Kier molecular flexibility index (Phi) is 4.63. The zero-order valence-electron chi connectivity index (χ0n) is 11.2. The van der Waals surface area contributed by atoms with Crippen LogP contribution in [0, 0.1) is 11.3 Å². The molecular weight excluding hydrogens is 246 g/mol. The van der Waals surface area contributed by atoms with E-state index in [4.69, 9.17) is 15.7 Å². The summed E-state index contributed by atoms with van der Waals surface area (Å²) in [6.45, 7) is 1.59. The second kappa shape index (κ2) is 6.23. The van der Waals surface area contributed by atoms with Crippen LogP contribution in [0.3, 0.4) is 0 Å². The smallest absolute Gasteiger partial charge is 0.234 e. The lowest BCUT2D eigenvalue weighted by atomic mass is 9.78. The Morgan fingerprint density at radius 2 is 2.11 bits per heavy atom. The molecule has 2 fully saturated rings. The van der Waals surface area contributed by atoms with Crippen LogP contribution in [0.15, 0.2) is 5.16 Å². The standard InChI is InChI=1S/C13H23N3O3/c14-11(16-18)13(5-8-19-9-6-13)12(17)15-7-1-2-10-3-4-10/h10,18H,1-9H2,(H2,14,16)(H,15,17). The molecule has 0 spiro atoms. The molecule has 6 nitrogen and oxygen atoms in total. The van der Waals surface area contributed by atoms with E-state index in [1.165, 1.54) is 19.3 Å². The van der Waals surface area contributed by atoms with Crippen molar-refractivity contribution in [3.8, 4) is 0 Å². The number of oxime groups is 1. The fourth-order valence-electron chi connectivity index (χ4n) is 2.58. The van der Waals surface area contributed by atoms with Crippen molar-refractivity contribution in [2.24, 2.45) is 22.2 Å². The summed E-state index contributed by atoms with van der Waals surface area (Å²) in [4.78, 5) is 12.3. The number of rotatable bonds is 6. The van der Waals surface area contributed by atoms with E-state index in [9.17, 15) is 4.79 Å². The number of hydrogen-bond acceptors (Lipinski definition) is 4. The molecule has 0 unspecified atom stereocenters. The Morgan fingerprint density at radius 1 is 1.42 bits per heavy atom. The highest BCUT2D eigenvalue weighted by molar-refractivity contribution is 6.06. The second-order valence-corrected chi connectivity index (χ2v) is 5.52. The SMILES string of the molecule is NC(=NO)C1(C(=O)NCCCC2CC2)CCOCC1. The van der Waals surface area contributed by atoms with Gasteiger partial charge < -0.3 is 21.0 Å². The van der Waals surface area contributed by atoms with Gasteiger partial charge in [0.05, 0.1) is 0 Å². The van der Waals surface area contributed by atoms with Crippen molar-refractivity contribution in [3.63, 3.8) is 0 Å². The highest BCUT2D eigenvalue weighted by Crippen LogP contribution is 2.33. The summed E-state index contributed by atoms with van der Waals surface area (Å²) in [7, 11) is 0. The van der Waals surface area contributed by atoms with E-state index < -0.39 is 5.41 Å². The molecule has 6 heteroatoms. The summed E-state index contributed by atoms with van der Waals surface area (Å²) in [5.41, 5.74) is 4.83. The minimum atomic E-state index is -0.896. The number of ether oxygens (including phenoxy) is 1. The van der Waals surface area contributed by atoms with Crippen LogP contribution in [-0.2, 0) is 9.53 Å². The molecule has 108 valence electrons. The molecule has 0 bridgehead atoms. The Balaban J connectivity index is 1.87. The molecular formula is C13H23N3O3. The van der Waals surface area contributed by atoms with Gasteiger partial charge in [0.15, 0.2) is 5.84 Å². The van der Waals surface area contributed by atoms with Crippen LogP contribution in [0.1, 0.15) is 38.5 Å². The van der Waals surface area contributed by atoms with Gasteiger partial charge in [-0.05, 0) is 31.6 Å². The predicted molar refractivity (Wildman–Crippen MR) is 70.9 cm³/mol. The topological polar surface area (TPSA) is 96.9 Å². The highest BCUT2D eigenvalue weighted by atomic mass is 16.5. The van der Waals surface area contributed by atoms with Gasteiger partial charge in [0.1, 0.15) is 5.41 Å². The fraction of sp³-hybridized carbons (Fsp3) is 0.846. The number of amides is 1. The quantitative estimate of drug-likeness (QED) is 0.219. The van der Waals surface area contributed by atoms with Crippen LogP contribution in [0.2, 0.25) is 0 Å². The molecule has 2 rings (SSSR count). The zero-order chi connectivity index (χ0) is 13.7. The minimum Gasteiger partial charge on any atom is -0.409 e. The van der Waals surface area contributed by atoms with Gasteiger partial charge in [0.2, 0.25) is 5.91 Å². The fourth-order valence-corrected chi connectivity index (χ4v) is 2.58. The van der Waals surface area contributed by atoms with Gasteiger partial charge in [-0.1, -0.05) is 18.0 Å². The molecule has 0 aromatic heterocycles.